The summed E-state index contributed by atoms with van der Waals surface area (Å²) in [5, 5.41) is 14.6. The second-order valence-electron chi connectivity index (χ2n) is 2.78. The molecule has 2 N–H and O–H groups in total. The number of sulfonamides is 1. The first kappa shape index (κ1) is 13.7. The second kappa shape index (κ2) is 4.47. The third-order valence-corrected chi connectivity index (χ3v) is 2.77. The Kier molecular flexibility index (Phi) is 3.59. The molecule has 11 heteroatoms. The van der Waals surface area contributed by atoms with E-state index in [2.05, 4.69) is 10.1 Å². The summed E-state index contributed by atoms with van der Waals surface area (Å²) in [5.74, 6) is 0. The lowest BCUT2D eigenvalue weighted by molar-refractivity contribution is -0.389. The summed E-state index contributed by atoms with van der Waals surface area (Å²) in [6, 6.07) is 0.543. The van der Waals surface area contributed by atoms with Gasteiger partial charge in [0.2, 0.25) is 10.0 Å². The molecule has 7 nitrogen and oxygen atoms in total. The minimum Gasteiger partial charge on any atom is -0.258 e. The molecule has 0 aromatic carbocycles. The van der Waals surface area contributed by atoms with E-state index in [1.807, 2.05) is 0 Å². The molecule has 1 aromatic rings. The highest BCUT2D eigenvalue weighted by Crippen LogP contribution is 2.34. The summed E-state index contributed by atoms with van der Waals surface area (Å²) in [5.41, 5.74) is -2.71. The third kappa shape index (κ3) is 2.84. The van der Waals surface area contributed by atoms with Gasteiger partial charge in [-0.05, 0) is 0 Å². The number of nitrogens with two attached hydrogens (primary N) is 1. The number of primary sulfonamides is 1. The largest absolute Gasteiger partial charge is 0.316 e. The molecular formula is C6H4ClF2N3O4S. The van der Waals surface area contributed by atoms with Gasteiger partial charge in [-0.25, -0.2) is 27.3 Å². The lowest BCUT2D eigenvalue weighted by atomic mass is 10.3. The number of alkyl halides is 2. The van der Waals surface area contributed by atoms with Crippen LogP contribution in [0.2, 0.25) is 5.15 Å². The van der Waals surface area contributed by atoms with Gasteiger partial charge >= 0.3 is 5.69 Å². The van der Waals surface area contributed by atoms with Crippen molar-refractivity contribution in [3.05, 3.63) is 27.0 Å². The van der Waals surface area contributed by atoms with E-state index in [1.54, 1.807) is 0 Å². The normalized spacial score (nSPS) is 11.8. The van der Waals surface area contributed by atoms with Crippen LogP contribution in [0.5, 0.6) is 0 Å². The van der Waals surface area contributed by atoms with Crippen LogP contribution in [-0.4, -0.2) is 18.3 Å². The van der Waals surface area contributed by atoms with Crippen LogP contribution in [0.4, 0.5) is 14.5 Å². The molecule has 0 saturated heterocycles. The number of halogens is 3. The van der Waals surface area contributed by atoms with E-state index in [0.717, 1.165) is 0 Å². The van der Waals surface area contributed by atoms with E-state index in [1.165, 1.54) is 0 Å². The number of nitro groups is 1. The Bertz CT molecular complexity index is 577. The van der Waals surface area contributed by atoms with Crippen molar-refractivity contribution in [1.82, 2.24) is 4.98 Å². The summed E-state index contributed by atoms with van der Waals surface area (Å²) in [4.78, 5) is 11.2. The maximum Gasteiger partial charge on any atom is 0.316 e. The Morgan fingerprint density at radius 2 is 2.06 bits per heavy atom. The Morgan fingerprint density at radius 1 is 1.53 bits per heavy atom. The summed E-state index contributed by atoms with van der Waals surface area (Å²) in [6.07, 6.45) is -3.35. The van der Waals surface area contributed by atoms with Gasteiger partial charge in [-0.15, -0.1) is 0 Å². The quantitative estimate of drug-likeness (QED) is 0.510. The van der Waals surface area contributed by atoms with Crippen molar-refractivity contribution in [1.29, 1.82) is 0 Å². The molecule has 0 radical (unpaired) electrons. The minimum absolute atomic E-state index is 0.543. The molecule has 0 bridgehead atoms. The molecule has 0 amide bonds. The maximum absolute atomic E-state index is 12.5. The zero-order valence-electron chi connectivity index (χ0n) is 7.80. The summed E-state index contributed by atoms with van der Waals surface area (Å²) < 4.78 is 47.0. The molecule has 94 valence electrons. The fourth-order valence-corrected chi connectivity index (χ4v) is 2.04. The van der Waals surface area contributed by atoms with Gasteiger partial charge in [0.25, 0.3) is 6.43 Å². The smallest absolute Gasteiger partial charge is 0.258 e. The molecule has 17 heavy (non-hydrogen) atoms. The zero-order valence-corrected chi connectivity index (χ0v) is 9.37. The molecule has 0 aliphatic rings. The van der Waals surface area contributed by atoms with Crippen molar-refractivity contribution in [3.8, 4) is 0 Å². The molecular weight excluding hydrogens is 284 g/mol. The minimum atomic E-state index is -4.56. The van der Waals surface area contributed by atoms with Gasteiger partial charge < -0.3 is 0 Å². The third-order valence-electron chi connectivity index (χ3n) is 1.65. The first-order valence-corrected chi connectivity index (χ1v) is 5.72. The van der Waals surface area contributed by atoms with E-state index in [-0.39, 0.29) is 0 Å². The number of nitrogens with zero attached hydrogens (tertiary/aromatic N) is 2. The Morgan fingerprint density at radius 3 is 2.41 bits per heavy atom. The predicted octanol–water partition coefficient (Wildman–Crippen LogP) is 1.23. The summed E-state index contributed by atoms with van der Waals surface area (Å²) >= 11 is 5.29. The Labute approximate surface area is 98.4 Å². The van der Waals surface area contributed by atoms with Crippen molar-refractivity contribution in [2.75, 3.05) is 0 Å². The molecule has 0 saturated carbocycles. The summed E-state index contributed by atoms with van der Waals surface area (Å²) in [6.45, 7) is 0. The van der Waals surface area contributed by atoms with Gasteiger partial charge in [0.15, 0.2) is 10.6 Å². The van der Waals surface area contributed by atoms with Crippen LogP contribution in [0.1, 0.15) is 12.1 Å². The monoisotopic (exact) mass is 287 g/mol. The van der Waals surface area contributed by atoms with Crippen molar-refractivity contribution in [2.45, 2.75) is 11.3 Å². The van der Waals surface area contributed by atoms with E-state index in [4.69, 9.17) is 11.6 Å². The van der Waals surface area contributed by atoms with Gasteiger partial charge in [-0.3, -0.25) is 10.1 Å². The van der Waals surface area contributed by atoms with Crippen molar-refractivity contribution in [3.63, 3.8) is 0 Å². The molecule has 1 rings (SSSR count). The zero-order chi connectivity index (χ0) is 13.4. The van der Waals surface area contributed by atoms with Crippen LogP contribution in [0.25, 0.3) is 0 Å². The van der Waals surface area contributed by atoms with Crippen molar-refractivity contribution < 1.29 is 22.1 Å². The lowest BCUT2D eigenvalue weighted by Crippen LogP contribution is -2.16. The highest BCUT2D eigenvalue weighted by Gasteiger charge is 2.33. The number of pyridine rings is 1. The van der Waals surface area contributed by atoms with Crippen LogP contribution in [0.3, 0.4) is 0 Å². The average molecular weight is 288 g/mol. The summed E-state index contributed by atoms with van der Waals surface area (Å²) in [7, 11) is -4.56. The average Bonchev–Trinajstić information content (AvgIpc) is 2.14. The van der Waals surface area contributed by atoms with Crippen LogP contribution in [0.15, 0.2) is 11.0 Å². The first-order valence-electron chi connectivity index (χ1n) is 3.80. The Balaban J connectivity index is 3.77. The van der Waals surface area contributed by atoms with Crippen LogP contribution >= 0.6 is 11.6 Å². The molecule has 0 unspecified atom stereocenters. The number of aromatic nitrogens is 1. The van der Waals surface area contributed by atoms with Gasteiger partial charge in [0.05, 0.1) is 4.92 Å². The fourth-order valence-electron chi connectivity index (χ4n) is 1.06. The molecule has 1 heterocycles. The number of hydrogen-bond acceptors (Lipinski definition) is 5. The highest BCUT2D eigenvalue weighted by molar-refractivity contribution is 7.89. The van der Waals surface area contributed by atoms with Crippen LogP contribution in [-0.2, 0) is 10.0 Å². The molecule has 0 aliphatic carbocycles. The molecule has 0 atom stereocenters. The van der Waals surface area contributed by atoms with Gasteiger partial charge in [-0.1, -0.05) is 11.6 Å². The topological polar surface area (TPSA) is 116 Å². The SMILES string of the molecule is NS(=O)(=O)c1cc(Cl)nc(C(F)F)c1[N+](=O)[O-]. The Hall–Kier alpha value is -1.39. The molecule has 0 aliphatic heterocycles. The highest BCUT2D eigenvalue weighted by atomic mass is 35.5. The van der Waals surface area contributed by atoms with E-state index >= 15 is 0 Å². The van der Waals surface area contributed by atoms with E-state index in [9.17, 15) is 27.3 Å². The van der Waals surface area contributed by atoms with Crippen LogP contribution < -0.4 is 5.14 Å². The molecule has 1 aromatic heterocycles. The van der Waals surface area contributed by atoms with Crippen LogP contribution in [0, 0.1) is 10.1 Å². The van der Waals surface area contributed by atoms with E-state index < -0.39 is 42.8 Å². The number of hydrogen-bond donors (Lipinski definition) is 1. The van der Waals surface area contributed by atoms with Gasteiger partial charge in [0.1, 0.15) is 5.15 Å². The molecule has 0 fully saturated rings. The van der Waals surface area contributed by atoms with Gasteiger partial charge in [0, 0.05) is 6.07 Å². The fraction of sp³-hybridized carbons (Fsp3) is 0.167. The molecule has 0 spiro atoms. The van der Waals surface area contributed by atoms with Crippen molar-refractivity contribution >= 4 is 27.3 Å². The predicted molar refractivity (Wildman–Crippen MR) is 52.2 cm³/mol. The lowest BCUT2D eigenvalue weighted by Gasteiger charge is -2.05. The number of rotatable bonds is 3. The first-order chi connectivity index (χ1) is 7.64. The standard InChI is InChI=1S/C6H4ClF2N3O4S/c7-3-1-2(17(10,15)16)5(12(13)14)4(11-3)6(8)9/h1,6H,(H2,10,15,16). The van der Waals surface area contributed by atoms with Gasteiger partial charge in [-0.2, -0.15) is 0 Å². The van der Waals surface area contributed by atoms with E-state index in [0.29, 0.717) is 6.07 Å². The van der Waals surface area contributed by atoms with Crippen molar-refractivity contribution in [2.24, 2.45) is 5.14 Å². The maximum atomic E-state index is 12.5. The second-order valence-corrected chi connectivity index (χ2v) is 4.70.